The SMILES string of the molecule is [2H][SeH]=C(O)[C@@H](N)CCSC. The van der Waals surface area contributed by atoms with E-state index in [1.807, 2.05) is 6.26 Å². The van der Waals surface area contributed by atoms with Crippen molar-refractivity contribution in [2.45, 2.75) is 12.5 Å². The molecule has 0 heterocycles. The van der Waals surface area contributed by atoms with Crippen molar-refractivity contribution >= 4 is 31.8 Å². The first-order valence-corrected chi connectivity index (χ1v) is 5.01. The van der Waals surface area contributed by atoms with E-state index in [0.717, 1.165) is 12.2 Å². The Labute approximate surface area is 68.4 Å². The molecule has 2 nitrogen and oxygen atoms in total. The molecule has 0 spiro atoms. The Kier molecular flexibility index (Phi) is 4.70. The second-order valence-corrected chi connectivity index (χ2v) is 3.69. The van der Waals surface area contributed by atoms with Gasteiger partial charge in [-0.2, -0.15) is 0 Å². The molecule has 0 fully saturated rings. The number of hydrogen-bond acceptors (Lipinski definition) is 3. The molecule has 0 radical (unpaired) electrons. The van der Waals surface area contributed by atoms with E-state index in [4.69, 9.17) is 11.8 Å². The van der Waals surface area contributed by atoms with Crippen LogP contribution in [0.15, 0.2) is 0 Å². The Morgan fingerprint density at radius 3 is 3.22 bits per heavy atom. The zero-order valence-corrected chi connectivity index (χ0v) is 8.06. The molecular formula is C5H13NOSSe. The zero-order valence-electron chi connectivity index (χ0n) is 6.37. The molecule has 0 amide bonds. The van der Waals surface area contributed by atoms with Gasteiger partial charge in [-0.05, 0) is 0 Å². The van der Waals surface area contributed by atoms with E-state index in [-0.39, 0.29) is 10.6 Å². The first-order chi connectivity index (χ1) is 4.72. The fourth-order valence-electron chi connectivity index (χ4n) is 0.374. The fraction of sp³-hybridized carbons (Fsp3) is 0.800. The number of thioether (sulfide) groups is 1. The van der Waals surface area contributed by atoms with Gasteiger partial charge in [0.2, 0.25) is 0 Å². The fourth-order valence-corrected chi connectivity index (χ4v) is 1.13. The van der Waals surface area contributed by atoms with Crippen LogP contribution in [0.2, 0.25) is 0 Å². The van der Waals surface area contributed by atoms with Gasteiger partial charge in [-0.15, -0.1) is 0 Å². The van der Waals surface area contributed by atoms with E-state index in [1.165, 1.54) is 0 Å². The normalized spacial score (nSPS) is 18.1. The molecule has 1 atom stereocenters. The van der Waals surface area contributed by atoms with Gasteiger partial charge in [-0.3, -0.25) is 0 Å². The maximum atomic E-state index is 8.99. The molecular weight excluding hydrogens is 201 g/mol. The molecule has 0 aliphatic rings. The van der Waals surface area contributed by atoms with Crippen molar-refractivity contribution in [3.63, 3.8) is 0 Å². The van der Waals surface area contributed by atoms with Gasteiger partial charge in [-0.25, -0.2) is 0 Å². The van der Waals surface area contributed by atoms with Gasteiger partial charge in [0.1, 0.15) is 0 Å². The zero-order chi connectivity index (χ0) is 7.98. The predicted octanol–water partition coefficient (Wildman–Crippen LogP) is -0.798. The van der Waals surface area contributed by atoms with E-state index in [9.17, 15) is 0 Å². The summed E-state index contributed by atoms with van der Waals surface area (Å²) in [6, 6.07) is -0.259. The van der Waals surface area contributed by atoms with Crippen molar-refractivity contribution in [1.82, 2.24) is 0 Å². The molecule has 0 aromatic carbocycles. The summed E-state index contributed by atoms with van der Waals surface area (Å²) in [7, 11) is 0. The third-order valence-electron chi connectivity index (χ3n) is 0.965. The van der Waals surface area contributed by atoms with Crippen LogP contribution in [0, 0.1) is 0 Å². The Morgan fingerprint density at radius 2 is 2.78 bits per heavy atom. The monoisotopic (exact) mass is 216 g/mol. The molecule has 3 N–H and O–H groups in total. The Hall–Kier alpha value is 0.659. The average molecular weight is 215 g/mol. The summed E-state index contributed by atoms with van der Waals surface area (Å²) in [6.07, 6.45) is 2.78. The molecule has 0 aromatic rings. The molecule has 0 aliphatic carbocycles. The number of aliphatic hydroxyl groups is 1. The van der Waals surface area contributed by atoms with E-state index < -0.39 is 15.4 Å². The summed E-state index contributed by atoms with van der Waals surface area (Å²) in [4.78, 5) is 0. The predicted molar refractivity (Wildman–Crippen MR) is 46.5 cm³/mol. The number of nitrogens with two attached hydrogens (primary N) is 1. The van der Waals surface area contributed by atoms with Crippen molar-refractivity contribution in [3.8, 4) is 0 Å². The second kappa shape index (κ2) is 5.44. The Balaban J connectivity index is 3.51. The van der Waals surface area contributed by atoms with Gasteiger partial charge in [0.05, 0.1) is 0 Å². The Morgan fingerprint density at radius 1 is 2.11 bits per heavy atom. The van der Waals surface area contributed by atoms with Gasteiger partial charge < -0.3 is 0 Å². The molecule has 0 unspecified atom stereocenters. The van der Waals surface area contributed by atoms with Gasteiger partial charge >= 0.3 is 68.1 Å². The molecule has 0 saturated heterocycles. The quantitative estimate of drug-likeness (QED) is 0.604. The van der Waals surface area contributed by atoms with Gasteiger partial charge in [-0.1, -0.05) is 0 Å². The molecule has 0 bridgehead atoms. The second-order valence-electron chi connectivity index (χ2n) is 1.75. The van der Waals surface area contributed by atoms with Crippen LogP contribution in [0.25, 0.3) is 0 Å². The molecule has 0 saturated carbocycles. The summed E-state index contributed by atoms with van der Waals surface area (Å²) in [6.45, 7) is 0. The van der Waals surface area contributed by atoms with Crippen molar-refractivity contribution in [1.29, 1.82) is 0.954 Å². The van der Waals surface area contributed by atoms with Crippen LogP contribution in [-0.2, 0) is 0 Å². The van der Waals surface area contributed by atoms with Crippen molar-refractivity contribution in [3.05, 3.63) is 0 Å². The van der Waals surface area contributed by atoms with Crippen LogP contribution in [0.3, 0.4) is 0 Å². The molecule has 0 rings (SSSR count). The van der Waals surface area contributed by atoms with Crippen LogP contribution in [-0.4, -0.2) is 44.2 Å². The van der Waals surface area contributed by atoms with Crippen LogP contribution >= 0.6 is 11.8 Å². The van der Waals surface area contributed by atoms with Crippen LogP contribution in [0.1, 0.15) is 6.42 Å². The van der Waals surface area contributed by atoms with Gasteiger partial charge in [0, 0.05) is 0 Å². The third kappa shape index (κ3) is 5.12. The van der Waals surface area contributed by atoms with Crippen molar-refractivity contribution in [2.24, 2.45) is 5.73 Å². The summed E-state index contributed by atoms with van der Waals surface area (Å²) in [5.74, 6) is 0.951. The number of rotatable bonds is 4. The minimum absolute atomic E-state index is 0.185. The number of aliphatic hydroxyl groups excluding tert-OH is 1. The summed E-state index contributed by atoms with van der Waals surface area (Å²) in [5.41, 5.74) is 5.52. The minimum atomic E-state index is -0.800. The molecule has 9 heavy (non-hydrogen) atoms. The summed E-state index contributed by atoms with van der Waals surface area (Å²) < 4.78 is 7.08. The Bertz CT molecular complexity index is 122. The van der Waals surface area contributed by atoms with Crippen LogP contribution in [0.4, 0.5) is 0 Å². The van der Waals surface area contributed by atoms with E-state index in [2.05, 4.69) is 0 Å². The first-order valence-electron chi connectivity index (χ1n) is 3.12. The third-order valence-corrected chi connectivity index (χ3v) is 2.30. The molecule has 4 heteroatoms. The maximum absolute atomic E-state index is 8.99. The van der Waals surface area contributed by atoms with E-state index in [1.54, 1.807) is 11.8 Å². The summed E-state index contributed by atoms with van der Waals surface area (Å²) in [5, 5.41) is 8.99. The summed E-state index contributed by atoms with van der Waals surface area (Å²) >= 11 is 0.903. The van der Waals surface area contributed by atoms with E-state index >= 15 is 0 Å². The molecule has 0 aliphatic heterocycles. The van der Waals surface area contributed by atoms with Crippen LogP contribution in [0.5, 0.6) is 0 Å². The molecule has 0 aromatic heterocycles. The van der Waals surface area contributed by atoms with Gasteiger partial charge in [0.25, 0.3) is 0 Å². The van der Waals surface area contributed by atoms with Crippen LogP contribution < -0.4 is 5.73 Å². The van der Waals surface area contributed by atoms with Gasteiger partial charge in [0.15, 0.2) is 0 Å². The molecule has 56 valence electrons. The average Bonchev–Trinajstić information content (AvgIpc) is 1.98. The van der Waals surface area contributed by atoms with E-state index in [0.29, 0.717) is 0 Å². The van der Waals surface area contributed by atoms with Crippen molar-refractivity contribution in [2.75, 3.05) is 12.0 Å². The standard InChI is InChI=1S/C5H13NOSSe/c1-8-3-2-4(6)5(7)9/h4,7H,2-3,6,9H2,1H3/t4-/m0/s1/i9D. The number of hydrogen-bond donors (Lipinski definition) is 2. The van der Waals surface area contributed by atoms with Crippen molar-refractivity contribution < 1.29 is 5.11 Å². The topological polar surface area (TPSA) is 46.2 Å². The first kappa shape index (κ1) is 7.76.